The molecular formula is C20H21Cl3N2O4S. The van der Waals surface area contributed by atoms with Crippen molar-refractivity contribution in [2.24, 2.45) is 5.92 Å². The zero-order valence-electron chi connectivity index (χ0n) is 16.2. The summed E-state index contributed by atoms with van der Waals surface area (Å²) in [5, 5.41) is 3.79. The van der Waals surface area contributed by atoms with E-state index >= 15 is 0 Å². The van der Waals surface area contributed by atoms with Gasteiger partial charge in [0, 0.05) is 28.8 Å². The molecule has 1 atom stereocenters. The number of amides is 1. The SMILES string of the molecule is CCOc1ccc(S(=O)(=O)N2CCC[C@@H](C(=O)Nc3cc(Cl)cc(Cl)c3)C2)cc1Cl. The molecule has 162 valence electrons. The van der Waals surface area contributed by atoms with Crippen molar-refractivity contribution in [3.05, 3.63) is 51.5 Å². The Bertz CT molecular complexity index is 1030. The van der Waals surface area contributed by atoms with Crippen LogP contribution in [0, 0.1) is 5.92 Å². The van der Waals surface area contributed by atoms with Gasteiger partial charge in [0.1, 0.15) is 5.75 Å². The van der Waals surface area contributed by atoms with E-state index < -0.39 is 15.9 Å². The lowest BCUT2D eigenvalue weighted by Gasteiger charge is -2.31. The zero-order chi connectivity index (χ0) is 21.9. The quantitative estimate of drug-likeness (QED) is 0.611. The van der Waals surface area contributed by atoms with Crippen LogP contribution in [0.4, 0.5) is 5.69 Å². The predicted molar refractivity (Wildman–Crippen MR) is 119 cm³/mol. The maximum Gasteiger partial charge on any atom is 0.243 e. The van der Waals surface area contributed by atoms with Crippen LogP contribution in [-0.4, -0.2) is 38.3 Å². The number of rotatable bonds is 6. The third-order valence-corrected chi connectivity index (χ3v) is 7.32. The summed E-state index contributed by atoms with van der Waals surface area (Å²) < 4.78 is 32.8. The first-order valence-corrected chi connectivity index (χ1v) is 12.0. The second kappa shape index (κ2) is 9.75. The molecule has 1 aliphatic heterocycles. The van der Waals surface area contributed by atoms with Crippen molar-refractivity contribution < 1.29 is 17.9 Å². The maximum absolute atomic E-state index is 13.1. The number of benzene rings is 2. The Hall–Kier alpha value is -1.51. The van der Waals surface area contributed by atoms with Crippen LogP contribution in [0.25, 0.3) is 0 Å². The highest BCUT2D eigenvalue weighted by Gasteiger charge is 2.33. The summed E-state index contributed by atoms with van der Waals surface area (Å²) in [6.45, 7) is 2.65. The average Bonchev–Trinajstić information content (AvgIpc) is 2.69. The van der Waals surface area contributed by atoms with Gasteiger partial charge in [-0.2, -0.15) is 4.31 Å². The van der Waals surface area contributed by atoms with Gasteiger partial charge in [-0.1, -0.05) is 34.8 Å². The number of halogens is 3. The highest BCUT2D eigenvalue weighted by Crippen LogP contribution is 2.31. The van der Waals surface area contributed by atoms with Crippen LogP contribution in [0.2, 0.25) is 15.1 Å². The van der Waals surface area contributed by atoms with Crippen LogP contribution >= 0.6 is 34.8 Å². The largest absolute Gasteiger partial charge is 0.492 e. The molecule has 0 unspecified atom stereocenters. The maximum atomic E-state index is 13.1. The minimum absolute atomic E-state index is 0.0682. The van der Waals surface area contributed by atoms with Gasteiger partial charge in [0.15, 0.2) is 0 Å². The summed E-state index contributed by atoms with van der Waals surface area (Å²) in [6, 6.07) is 9.12. The van der Waals surface area contributed by atoms with E-state index in [0.717, 1.165) is 0 Å². The van der Waals surface area contributed by atoms with E-state index in [1.807, 2.05) is 6.92 Å². The fourth-order valence-electron chi connectivity index (χ4n) is 3.31. The predicted octanol–water partition coefficient (Wildman–Crippen LogP) is 5.08. The fourth-order valence-corrected chi connectivity index (χ4v) is 5.69. The summed E-state index contributed by atoms with van der Waals surface area (Å²) in [5.41, 5.74) is 0.468. The van der Waals surface area contributed by atoms with Crippen molar-refractivity contribution >= 4 is 56.4 Å². The molecule has 0 bridgehead atoms. The van der Waals surface area contributed by atoms with Gasteiger partial charge in [0.05, 0.1) is 22.4 Å². The number of hydrogen-bond acceptors (Lipinski definition) is 4. The van der Waals surface area contributed by atoms with Crippen LogP contribution in [0.3, 0.4) is 0 Å². The van der Waals surface area contributed by atoms with Crippen LogP contribution < -0.4 is 10.1 Å². The lowest BCUT2D eigenvalue weighted by molar-refractivity contribution is -0.120. The average molecular weight is 492 g/mol. The molecule has 1 aliphatic rings. The summed E-state index contributed by atoms with van der Waals surface area (Å²) in [5.74, 6) is -0.350. The number of hydrogen-bond donors (Lipinski definition) is 1. The molecule has 1 amide bonds. The number of sulfonamides is 1. The molecule has 1 heterocycles. The highest BCUT2D eigenvalue weighted by atomic mass is 35.5. The van der Waals surface area contributed by atoms with Crippen molar-refractivity contribution in [3.63, 3.8) is 0 Å². The van der Waals surface area contributed by atoms with Crippen molar-refractivity contribution in [3.8, 4) is 5.75 Å². The molecule has 0 aliphatic carbocycles. The molecule has 0 aromatic heterocycles. The monoisotopic (exact) mass is 490 g/mol. The Morgan fingerprint density at radius 3 is 2.50 bits per heavy atom. The minimum atomic E-state index is -3.80. The summed E-state index contributed by atoms with van der Waals surface area (Å²) in [6.07, 6.45) is 1.15. The number of ether oxygens (including phenoxy) is 1. The Kier molecular flexibility index (Phi) is 7.52. The number of nitrogens with one attached hydrogen (secondary N) is 1. The van der Waals surface area contributed by atoms with Crippen LogP contribution in [0.1, 0.15) is 19.8 Å². The number of carbonyl (C=O) groups excluding carboxylic acids is 1. The molecule has 2 aromatic carbocycles. The van der Waals surface area contributed by atoms with Gasteiger partial charge in [0.2, 0.25) is 15.9 Å². The Labute approximate surface area is 191 Å². The second-order valence-corrected chi connectivity index (χ2v) is 10.1. The molecule has 6 nitrogen and oxygen atoms in total. The molecule has 30 heavy (non-hydrogen) atoms. The normalized spacial score (nSPS) is 17.5. The number of nitrogens with zero attached hydrogens (tertiary/aromatic N) is 1. The van der Waals surface area contributed by atoms with Crippen LogP contribution in [0.15, 0.2) is 41.3 Å². The zero-order valence-corrected chi connectivity index (χ0v) is 19.3. The molecule has 0 saturated carbocycles. The molecule has 3 rings (SSSR count). The molecule has 10 heteroatoms. The first-order valence-electron chi connectivity index (χ1n) is 9.40. The molecule has 0 spiro atoms. The molecule has 1 fully saturated rings. The molecule has 0 radical (unpaired) electrons. The van der Waals surface area contributed by atoms with E-state index in [0.29, 0.717) is 47.5 Å². The molecule has 1 N–H and O–H groups in total. The standard InChI is InChI=1S/C20H21Cl3N2O4S/c1-2-29-19-6-5-17(11-18(19)23)30(27,28)25-7-3-4-13(12-25)20(26)24-16-9-14(21)8-15(22)10-16/h5-6,8-11,13H,2-4,7,12H2,1H3,(H,24,26)/t13-/m1/s1. The highest BCUT2D eigenvalue weighted by molar-refractivity contribution is 7.89. The lowest BCUT2D eigenvalue weighted by Crippen LogP contribution is -2.43. The van der Waals surface area contributed by atoms with E-state index in [2.05, 4.69) is 5.32 Å². The number of anilines is 1. The summed E-state index contributed by atoms with van der Waals surface area (Å²) in [4.78, 5) is 12.8. The Balaban J connectivity index is 1.74. The minimum Gasteiger partial charge on any atom is -0.492 e. The smallest absolute Gasteiger partial charge is 0.243 e. The molecule has 1 saturated heterocycles. The van der Waals surface area contributed by atoms with Crippen LogP contribution in [0.5, 0.6) is 5.75 Å². The van der Waals surface area contributed by atoms with Gasteiger partial charge in [-0.15, -0.1) is 0 Å². The van der Waals surface area contributed by atoms with Crippen molar-refractivity contribution in [2.75, 3.05) is 25.0 Å². The topological polar surface area (TPSA) is 75.7 Å². The van der Waals surface area contributed by atoms with Crippen molar-refractivity contribution in [2.45, 2.75) is 24.7 Å². The third-order valence-electron chi connectivity index (χ3n) is 4.73. The van der Waals surface area contributed by atoms with Gasteiger partial charge >= 0.3 is 0 Å². The van der Waals surface area contributed by atoms with Crippen molar-refractivity contribution in [1.82, 2.24) is 4.31 Å². The first-order chi connectivity index (χ1) is 14.2. The van der Waals surface area contributed by atoms with E-state index in [1.54, 1.807) is 18.2 Å². The second-order valence-electron chi connectivity index (χ2n) is 6.87. The number of piperidine rings is 1. The van der Waals surface area contributed by atoms with E-state index in [1.165, 1.54) is 22.5 Å². The lowest BCUT2D eigenvalue weighted by atomic mass is 9.99. The molecular weight excluding hydrogens is 471 g/mol. The Morgan fingerprint density at radius 2 is 1.87 bits per heavy atom. The van der Waals surface area contributed by atoms with Crippen LogP contribution in [-0.2, 0) is 14.8 Å². The fraction of sp³-hybridized carbons (Fsp3) is 0.350. The van der Waals surface area contributed by atoms with Crippen molar-refractivity contribution in [1.29, 1.82) is 0 Å². The number of carbonyl (C=O) groups is 1. The summed E-state index contributed by atoms with van der Waals surface area (Å²) >= 11 is 18.1. The Morgan fingerprint density at radius 1 is 1.17 bits per heavy atom. The van der Waals surface area contributed by atoms with Gasteiger partial charge in [-0.25, -0.2) is 8.42 Å². The third kappa shape index (κ3) is 5.39. The van der Waals surface area contributed by atoms with Gasteiger partial charge < -0.3 is 10.1 Å². The summed E-state index contributed by atoms with van der Waals surface area (Å²) in [7, 11) is -3.80. The van der Waals surface area contributed by atoms with Gasteiger partial charge in [-0.3, -0.25) is 4.79 Å². The van der Waals surface area contributed by atoms with E-state index in [4.69, 9.17) is 39.5 Å². The van der Waals surface area contributed by atoms with E-state index in [9.17, 15) is 13.2 Å². The molecule has 2 aromatic rings. The first kappa shape index (κ1) is 23.2. The van der Waals surface area contributed by atoms with Gasteiger partial charge in [-0.05, 0) is 56.2 Å². The van der Waals surface area contributed by atoms with E-state index in [-0.39, 0.29) is 22.4 Å². The van der Waals surface area contributed by atoms with Gasteiger partial charge in [0.25, 0.3) is 0 Å².